The summed E-state index contributed by atoms with van der Waals surface area (Å²) in [6.45, 7) is 11.6. The van der Waals surface area contributed by atoms with Crippen molar-refractivity contribution in [3.63, 3.8) is 0 Å². The minimum Gasteiger partial charge on any atom is -0.360 e. The van der Waals surface area contributed by atoms with E-state index in [9.17, 15) is 0 Å². The first-order valence-electron chi connectivity index (χ1n) is 8.19. The molecule has 2 rings (SSSR count). The molecule has 1 atom stereocenters. The van der Waals surface area contributed by atoms with E-state index >= 15 is 0 Å². The zero-order valence-electron chi connectivity index (χ0n) is 13.9. The predicted molar refractivity (Wildman–Crippen MR) is 85.1 cm³/mol. The molecule has 0 bridgehead atoms. The second-order valence-corrected chi connectivity index (χ2v) is 6.44. The van der Waals surface area contributed by atoms with Crippen molar-refractivity contribution in [1.82, 2.24) is 20.3 Å². The number of likely N-dealkylation sites (tertiary alicyclic amines) is 1. The Morgan fingerprint density at radius 1 is 1.52 bits per heavy atom. The maximum atomic E-state index is 5.44. The van der Waals surface area contributed by atoms with Crippen LogP contribution in [0.4, 0.5) is 0 Å². The van der Waals surface area contributed by atoms with Crippen LogP contribution in [0.25, 0.3) is 0 Å². The van der Waals surface area contributed by atoms with Crippen molar-refractivity contribution >= 4 is 0 Å². The van der Waals surface area contributed by atoms with Crippen LogP contribution in [0.5, 0.6) is 0 Å². The van der Waals surface area contributed by atoms with Gasteiger partial charge in [0.1, 0.15) is 0 Å². The van der Waals surface area contributed by atoms with E-state index in [1.54, 1.807) is 0 Å². The molecule has 1 aromatic rings. The normalized spacial score (nSPS) is 20.0. The second kappa shape index (κ2) is 7.92. The van der Waals surface area contributed by atoms with E-state index in [1.165, 1.54) is 19.4 Å². The molecule has 1 N–H and O–H groups in total. The Balaban J connectivity index is 1.78. The Kier molecular flexibility index (Phi) is 6.21. The summed E-state index contributed by atoms with van der Waals surface area (Å²) in [7, 11) is 2.17. The predicted octanol–water partition coefficient (Wildman–Crippen LogP) is 2.09. The van der Waals surface area contributed by atoms with Crippen molar-refractivity contribution in [2.45, 2.75) is 58.8 Å². The van der Waals surface area contributed by atoms with Gasteiger partial charge in [0.15, 0.2) is 5.76 Å². The molecule has 1 saturated heterocycles. The molecule has 0 saturated carbocycles. The fraction of sp³-hybridized carbons (Fsp3) is 0.812. The lowest BCUT2D eigenvalue weighted by molar-refractivity contribution is 0.183. The molecule has 120 valence electrons. The van der Waals surface area contributed by atoms with E-state index in [2.05, 4.69) is 54.2 Å². The summed E-state index contributed by atoms with van der Waals surface area (Å²) >= 11 is 0. The Morgan fingerprint density at radius 2 is 2.33 bits per heavy atom. The van der Waals surface area contributed by atoms with Gasteiger partial charge in [0.05, 0.1) is 12.2 Å². The first-order valence-corrected chi connectivity index (χ1v) is 8.19. The summed E-state index contributed by atoms with van der Waals surface area (Å²) in [5.74, 6) is 0.958. The molecule has 0 spiro atoms. The molecule has 5 heteroatoms. The Morgan fingerprint density at radius 3 is 3.05 bits per heavy atom. The summed E-state index contributed by atoms with van der Waals surface area (Å²) in [4.78, 5) is 4.92. The standard InChI is InChI=1S/C16H30N4O/c1-5-20-8-6-7-15(20)11-19(4)12-16-9-14(18-21-16)10-17-13(2)3/h9,13,15,17H,5-8,10-12H2,1-4H3. The van der Waals surface area contributed by atoms with Gasteiger partial charge in [0.2, 0.25) is 0 Å². The highest BCUT2D eigenvalue weighted by atomic mass is 16.5. The maximum absolute atomic E-state index is 5.44. The van der Waals surface area contributed by atoms with E-state index in [4.69, 9.17) is 4.52 Å². The van der Waals surface area contributed by atoms with Crippen LogP contribution in [0.15, 0.2) is 10.6 Å². The molecule has 0 amide bonds. The number of rotatable bonds is 8. The molecule has 1 aliphatic rings. The molecule has 1 unspecified atom stereocenters. The molecule has 1 aliphatic heterocycles. The van der Waals surface area contributed by atoms with Crippen LogP contribution in [-0.2, 0) is 13.1 Å². The van der Waals surface area contributed by atoms with Gasteiger partial charge in [0, 0.05) is 31.2 Å². The van der Waals surface area contributed by atoms with Crippen LogP contribution >= 0.6 is 0 Å². The largest absolute Gasteiger partial charge is 0.360 e. The highest BCUT2D eigenvalue weighted by Crippen LogP contribution is 2.18. The fourth-order valence-electron chi connectivity index (χ4n) is 3.03. The lowest BCUT2D eigenvalue weighted by atomic mass is 10.2. The van der Waals surface area contributed by atoms with Crippen molar-refractivity contribution < 1.29 is 4.52 Å². The minimum atomic E-state index is 0.468. The van der Waals surface area contributed by atoms with Crippen LogP contribution in [0.2, 0.25) is 0 Å². The van der Waals surface area contributed by atoms with Gasteiger partial charge < -0.3 is 9.84 Å². The van der Waals surface area contributed by atoms with Crippen molar-refractivity contribution in [2.24, 2.45) is 0 Å². The van der Waals surface area contributed by atoms with Gasteiger partial charge in [-0.15, -0.1) is 0 Å². The van der Waals surface area contributed by atoms with Gasteiger partial charge in [-0.1, -0.05) is 25.9 Å². The van der Waals surface area contributed by atoms with Gasteiger partial charge in [-0.3, -0.25) is 9.80 Å². The Labute approximate surface area is 128 Å². The zero-order chi connectivity index (χ0) is 15.2. The van der Waals surface area contributed by atoms with E-state index in [0.717, 1.165) is 37.6 Å². The lowest BCUT2D eigenvalue weighted by Gasteiger charge is -2.27. The molecular weight excluding hydrogens is 264 g/mol. The number of nitrogens with one attached hydrogen (secondary N) is 1. The molecular formula is C16H30N4O. The molecule has 2 heterocycles. The smallest absolute Gasteiger partial charge is 0.151 e. The highest BCUT2D eigenvalue weighted by molar-refractivity contribution is 5.05. The van der Waals surface area contributed by atoms with Crippen LogP contribution in [-0.4, -0.2) is 53.7 Å². The van der Waals surface area contributed by atoms with Gasteiger partial charge >= 0.3 is 0 Å². The molecule has 1 fully saturated rings. The topological polar surface area (TPSA) is 44.5 Å². The molecule has 0 radical (unpaired) electrons. The molecule has 5 nitrogen and oxygen atoms in total. The fourth-order valence-corrected chi connectivity index (χ4v) is 3.03. The van der Waals surface area contributed by atoms with Crippen molar-refractivity contribution in [3.05, 3.63) is 17.5 Å². The number of hydrogen-bond acceptors (Lipinski definition) is 5. The number of aromatic nitrogens is 1. The van der Waals surface area contributed by atoms with Crippen LogP contribution in [0.1, 0.15) is 45.1 Å². The van der Waals surface area contributed by atoms with Crippen molar-refractivity contribution in [3.8, 4) is 0 Å². The molecule has 1 aromatic heterocycles. The van der Waals surface area contributed by atoms with Gasteiger partial charge in [-0.2, -0.15) is 0 Å². The van der Waals surface area contributed by atoms with Crippen LogP contribution < -0.4 is 5.32 Å². The summed E-state index contributed by atoms with van der Waals surface area (Å²) in [6, 6.07) is 3.23. The van der Waals surface area contributed by atoms with Gasteiger partial charge in [-0.25, -0.2) is 0 Å². The summed E-state index contributed by atoms with van der Waals surface area (Å²) in [6.07, 6.45) is 2.65. The number of hydrogen-bond donors (Lipinski definition) is 1. The summed E-state index contributed by atoms with van der Waals surface area (Å²) in [5.41, 5.74) is 0.989. The Bertz CT molecular complexity index is 418. The summed E-state index contributed by atoms with van der Waals surface area (Å²) in [5, 5.41) is 7.49. The second-order valence-electron chi connectivity index (χ2n) is 6.44. The third kappa shape index (κ3) is 5.09. The highest BCUT2D eigenvalue weighted by Gasteiger charge is 2.24. The first-order chi connectivity index (χ1) is 10.1. The lowest BCUT2D eigenvalue weighted by Crippen LogP contribution is -2.38. The summed E-state index contributed by atoms with van der Waals surface area (Å²) < 4.78 is 5.44. The van der Waals surface area contributed by atoms with E-state index in [-0.39, 0.29) is 0 Å². The first kappa shape index (κ1) is 16.5. The molecule has 0 aliphatic carbocycles. The average Bonchev–Trinajstić information content (AvgIpc) is 3.05. The number of nitrogens with zero attached hydrogens (tertiary/aromatic N) is 3. The Hall–Kier alpha value is -0.910. The minimum absolute atomic E-state index is 0.468. The average molecular weight is 294 g/mol. The quantitative estimate of drug-likeness (QED) is 0.795. The van der Waals surface area contributed by atoms with E-state index in [1.807, 2.05) is 0 Å². The maximum Gasteiger partial charge on any atom is 0.151 e. The third-order valence-electron chi connectivity index (χ3n) is 4.15. The van der Waals surface area contributed by atoms with Crippen LogP contribution in [0.3, 0.4) is 0 Å². The zero-order valence-corrected chi connectivity index (χ0v) is 13.9. The molecule has 21 heavy (non-hydrogen) atoms. The van der Waals surface area contributed by atoms with Crippen LogP contribution in [0, 0.1) is 0 Å². The number of likely N-dealkylation sites (N-methyl/N-ethyl adjacent to an activating group) is 2. The monoisotopic (exact) mass is 294 g/mol. The van der Waals surface area contributed by atoms with E-state index in [0.29, 0.717) is 12.1 Å². The molecule has 0 aromatic carbocycles. The van der Waals surface area contributed by atoms with Crippen molar-refractivity contribution in [2.75, 3.05) is 26.7 Å². The van der Waals surface area contributed by atoms with E-state index < -0.39 is 0 Å². The van der Waals surface area contributed by atoms with Crippen molar-refractivity contribution in [1.29, 1.82) is 0 Å². The van der Waals surface area contributed by atoms with Gasteiger partial charge in [0.25, 0.3) is 0 Å². The van der Waals surface area contributed by atoms with Gasteiger partial charge in [-0.05, 0) is 33.0 Å². The SMILES string of the molecule is CCN1CCCC1CN(C)Cc1cc(CNC(C)C)no1. The third-order valence-corrected chi connectivity index (χ3v) is 4.15.